The quantitative estimate of drug-likeness (QED) is 0.885. The van der Waals surface area contributed by atoms with E-state index < -0.39 is 5.97 Å². The highest BCUT2D eigenvalue weighted by molar-refractivity contribution is 5.70. The van der Waals surface area contributed by atoms with Crippen LogP contribution in [0.3, 0.4) is 0 Å². The first kappa shape index (κ1) is 14.1. The molecule has 0 radical (unpaired) electrons. The zero-order valence-corrected chi connectivity index (χ0v) is 11.6. The van der Waals surface area contributed by atoms with E-state index in [1.54, 1.807) is 0 Å². The lowest BCUT2D eigenvalue weighted by molar-refractivity contribution is -0.143. The van der Waals surface area contributed by atoms with E-state index in [2.05, 4.69) is 36.1 Å². The molecule has 0 spiro atoms. The number of carboxylic acids is 1. The van der Waals surface area contributed by atoms with Crippen molar-refractivity contribution in [2.75, 3.05) is 6.54 Å². The summed E-state index contributed by atoms with van der Waals surface area (Å²) in [6.07, 6.45) is 3.67. The van der Waals surface area contributed by atoms with Crippen molar-refractivity contribution in [3.05, 3.63) is 35.9 Å². The van der Waals surface area contributed by atoms with Gasteiger partial charge >= 0.3 is 5.97 Å². The van der Waals surface area contributed by atoms with Gasteiger partial charge in [-0.1, -0.05) is 37.3 Å². The molecule has 1 saturated carbocycles. The number of aliphatic carboxylic acids is 1. The van der Waals surface area contributed by atoms with E-state index in [0.29, 0.717) is 6.04 Å². The minimum Gasteiger partial charge on any atom is -0.481 e. The third kappa shape index (κ3) is 3.80. The lowest BCUT2D eigenvalue weighted by Crippen LogP contribution is -2.38. The Morgan fingerprint density at radius 2 is 1.84 bits per heavy atom. The van der Waals surface area contributed by atoms with Crippen molar-refractivity contribution in [1.29, 1.82) is 0 Å². The summed E-state index contributed by atoms with van der Waals surface area (Å²) in [6.45, 7) is 4.18. The molecular formula is C16H23NO2. The minimum atomic E-state index is -0.621. The summed E-state index contributed by atoms with van der Waals surface area (Å²) in [5.41, 5.74) is 1.34. The third-order valence-corrected chi connectivity index (χ3v) is 4.20. The Kier molecular flexibility index (Phi) is 4.97. The Morgan fingerprint density at radius 3 is 2.37 bits per heavy atom. The van der Waals surface area contributed by atoms with Crippen LogP contribution in [0.2, 0.25) is 0 Å². The van der Waals surface area contributed by atoms with E-state index >= 15 is 0 Å². The maximum atomic E-state index is 11.0. The van der Waals surface area contributed by atoms with Gasteiger partial charge in [0.05, 0.1) is 5.92 Å². The van der Waals surface area contributed by atoms with Crippen LogP contribution in [0.5, 0.6) is 0 Å². The number of hydrogen-bond donors (Lipinski definition) is 1. The molecule has 0 unspecified atom stereocenters. The van der Waals surface area contributed by atoms with E-state index in [9.17, 15) is 4.79 Å². The molecule has 1 aliphatic carbocycles. The molecule has 0 atom stereocenters. The van der Waals surface area contributed by atoms with Gasteiger partial charge in [-0.25, -0.2) is 0 Å². The van der Waals surface area contributed by atoms with Gasteiger partial charge in [-0.3, -0.25) is 9.69 Å². The van der Waals surface area contributed by atoms with Crippen molar-refractivity contribution < 1.29 is 9.90 Å². The predicted molar refractivity (Wildman–Crippen MR) is 75.9 cm³/mol. The van der Waals surface area contributed by atoms with E-state index in [1.807, 2.05) is 6.07 Å². The number of carboxylic acid groups (broad SMARTS) is 1. The van der Waals surface area contributed by atoms with Crippen LogP contribution in [0.25, 0.3) is 0 Å². The molecule has 0 bridgehead atoms. The van der Waals surface area contributed by atoms with Gasteiger partial charge in [-0.05, 0) is 37.8 Å². The number of benzene rings is 1. The van der Waals surface area contributed by atoms with Gasteiger partial charge in [0.2, 0.25) is 0 Å². The van der Waals surface area contributed by atoms with Crippen LogP contribution >= 0.6 is 0 Å². The normalized spacial score (nSPS) is 23.5. The summed E-state index contributed by atoms with van der Waals surface area (Å²) in [7, 11) is 0. The standard InChI is InChI=1S/C16H23NO2/c1-2-17(12-13-6-4-3-5-7-13)15-10-8-14(9-11-15)16(18)19/h3-7,14-15H,2,8-12H2,1H3,(H,18,19). The Morgan fingerprint density at radius 1 is 1.21 bits per heavy atom. The molecule has 2 rings (SSSR count). The molecule has 3 heteroatoms. The van der Waals surface area contributed by atoms with Gasteiger partial charge in [0.25, 0.3) is 0 Å². The van der Waals surface area contributed by atoms with Crippen LogP contribution in [0.4, 0.5) is 0 Å². The smallest absolute Gasteiger partial charge is 0.306 e. The van der Waals surface area contributed by atoms with Crippen LogP contribution in [0.15, 0.2) is 30.3 Å². The molecule has 0 aromatic heterocycles. The Balaban J connectivity index is 1.91. The predicted octanol–water partition coefficient (Wildman–Crippen LogP) is 3.15. The van der Waals surface area contributed by atoms with Gasteiger partial charge in [0, 0.05) is 12.6 Å². The lowest BCUT2D eigenvalue weighted by Gasteiger charge is -2.35. The number of nitrogens with zero attached hydrogens (tertiary/aromatic N) is 1. The van der Waals surface area contributed by atoms with Gasteiger partial charge in [0.15, 0.2) is 0 Å². The highest BCUT2D eigenvalue weighted by atomic mass is 16.4. The van der Waals surface area contributed by atoms with Crippen molar-refractivity contribution >= 4 is 5.97 Å². The Hall–Kier alpha value is -1.35. The molecule has 1 N–H and O–H groups in total. The van der Waals surface area contributed by atoms with E-state index in [4.69, 9.17) is 5.11 Å². The summed E-state index contributed by atoms with van der Waals surface area (Å²) in [6, 6.07) is 11.0. The number of rotatable bonds is 5. The molecule has 1 fully saturated rings. The minimum absolute atomic E-state index is 0.119. The van der Waals surface area contributed by atoms with Crippen LogP contribution in [0, 0.1) is 5.92 Å². The molecule has 0 heterocycles. The molecule has 1 aliphatic rings. The molecule has 104 valence electrons. The summed E-state index contributed by atoms with van der Waals surface area (Å²) in [5.74, 6) is -0.740. The topological polar surface area (TPSA) is 40.5 Å². The van der Waals surface area contributed by atoms with Crippen molar-refractivity contribution in [3.63, 3.8) is 0 Å². The first-order valence-corrected chi connectivity index (χ1v) is 7.21. The highest BCUT2D eigenvalue weighted by Crippen LogP contribution is 2.28. The Bertz CT molecular complexity index is 396. The van der Waals surface area contributed by atoms with Gasteiger partial charge in [-0.15, -0.1) is 0 Å². The van der Waals surface area contributed by atoms with E-state index in [0.717, 1.165) is 38.8 Å². The van der Waals surface area contributed by atoms with Crippen molar-refractivity contribution in [2.45, 2.75) is 45.2 Å². The summed E-state index contributed by atoms with van der Waals surface area (Å²) in [5, 5.41) is 9.04. The second-order valence-electron chi connectivity index (χ2n) is 5.39. The summed E-state index contributed by atoms with van der Waals surface area (Å²) in [4.78, 5) is 13.5. The molecular weight excluding hydrogens is 238 g/mol. The van der Waals surface area contributed by atoms with E-state index in [1.165, 1.54) is 5.56 Å². The molecule has 0 saturated heterocycles. The van der Waals surface area contributed by atoms with Crippen LogP contribution in [0.1, 0.15) is 38.2 Å². The van der Waals surface area contributed by atoms with E-state index in [-0.39, 0.29) is 5.92 Å². The van der Waals surface area contributed by atoms with Gasteiger partial charge in [-0.2, -0.15) is 0 Å². The second kappa shape index (κ2) is 6.71. The molecule has 1 aromatic rings. The maximum Gasteiger partial charge on any atom is 0.306 e. The van der Waals surface area contributed by atoms with Crippen molar-refractivity contribution in [2.24, 2.45) is 5.92 Å². The van der Waals surface area contributed by atoms with Crippen LogP contribution in [-0.2, 0) is 11.3 Å². The molecule has 19 heavy (non-hydrogen) atoms. The van der Waals surface area contributed by atoms with Crippen molar-refractivity contribution in [3.8, 4) is 0 Å². The van der Waals surface area contributed by atoms with Gasteiger partial charge in [0.1, 0.15) is 0 Å². The summed E-state index contributed by atoms with van der Waals surface area (Å²) >= 11 is 0. The first-order chi connectivity index (χ1) is 9.20. The first-order valence-electron chi connectivity index (χ1n) is 7.21. The highest BCUT2D eigenvalue weighted by Gasteiger charge is 2.28. The van der Waals surface area contributed by atoms with Crippen LogP contribution in [-0.4, -0.2) is 28.6 Å². The van der Waals surface area contributed by atoms with Crippen molar-refractivity contribution in [1.82, 2.24) is 4.90 Å². The van der Waals surface area contributed by atoms with Crippen LogP contribution < -0.4 is 0 Å². The Labute approximate surface area is 115 Å². The molecule has 1 aromatic carbocycles. The third-order valence-electron chi connectivity index (χ3n) is 4.20. The average molecular weight is 261 g/mol. The number of carbonyl (C=O) groups is 1. The SMILES string of the molecule is CCN(Cc1ccccc1)C1CCC(C(=O)O)CC1. The largest absolute Gasteiger partial charge is 0.481 e. The fourth-order valence-electron chi connectivity index (χ4n) is 3.00. The maximum absolute atomic E-state index is 11.0. The fourth-order valence-corrected chi connectivity index (χ4v) is 3.00. The lowest BCUT2D eigenvalue weighted by atomic mass is 9.85. The fraction of sp³-hybridized carbons (Fsp3) is 0.562. The monoisotopic (exact) mass is 261 g/mol. The summed E-state index contributed by atoms with van der Waals surface area (Å²) < 4.78 is 0. The zero-order chi connectivity index (χ0) is 13.7. The molecule has 3 nitrogen and oxygen atoms in total. The zero-order valence-electron chi connectivity index (χ0n) is 11.6. The molecule has 0 aliphatic heterocycles. The number of hydrogen-bond acceptors (Lipinski definition) is 2. The van der Waals surface area contributed by atoms with Gasteiger partial charge < -0.3 is 5.11 Å². The molecule has 0 amide bonds. The average Bonchev–Trinajstić information content (AvgIpc) is 2.46. The second-order valence-corrected chi connectivity index (χ2v) is 5.39.